The van der Waals surface area contributed by atoms with Gasteiger partial charge in [-0.3, -0.25) is 9.59 Å². The Bertz CT molecular complexity index is 1710. The zero-order valence-corrected chi connectivity index (χ0v) is 21.3. The molecule has 4 aromatic rings. The molecule has 3 N–H and O–H groups in total. The Hall–Kier alpha value is -4.56. The minimum atomic E-state index is -4.61. The maximum absolute atomic E-state index is 13.8. The van der Waals surface area contributed by atoms with Crippen molar-refractivity contribution in [3.05, 3.63) is 47.8 Å². The highest BCUT2D eigenvalue weighted by molar-refractivity contribution is 6.13. The third-order valence-corrected chi connectivity index (χ3v) is 7.45. The summed E-state index contributed by atoms with van der Waals surface area (Å²) in [5.41, 5.74) is 5.98. The van der Waals surface area contributed by atoms with Gasteiger partial charge >= 0.3 is 12.8 Å². The van der Waals surface area contributed by atoms with Crippen molar-refractivity contribution in [1.29, 1.82) is 0 Å². The Kier molecular flexibility index (Phi) is 6.19. The molecule has 6 rings (SSSR count). The van der Waals surface area contributed by atoms with E-state index < -0.39 is 36.2 Å². The number of pyridine rings is 1. The zero-order chi connectivity index (χ0) is 29.2. The number of likely N-dealkylation sites (tertiary alicyclic amines) is 1. The lowest BCUT2D eigenvalue weighted by Gasteiger charge is -2.27. The van der Waals surface area contributed by atoms with Crippen LogP contribution in [0.1, 0.15) is 24.0 Å². The number of hydrogen-bond acceptors (Lipinski definition) is 7. The molecule has 10 nitrogen and oxygen atoms in total. The number of ether oxygens (including phenoxy) is 1. The lowest BCUT2D eigenvalue weighted by molar-refractivity contribution is -0.138. The summed E-state index contributed by atoms with van der Waals surface area (Å²) in [7, 11) is 0. The number of fused-ring (bicyclic) bond motifs is 4. The van der Waals surface area contributed by atoms with Gasteiger partial charge in [-0.15, -0.1) is 0 Å². The molecule has 1 saturated heterocycles. The first kappa shape index (κ1) is 26.7. The Morgan fingerprint density at radius 2 is 1.98 bits per heavy atom. The molecule has 214 valence electrons. The summed E-state index contributed by atoms with van der Waals surface area (Å²) in [6.45, 7) is -1.90. The summed E-state index contributed by atoms with van der Waals surface area (Å²) in [5, 5.41) is 2.92. The van der Waals surface area contributed by atoms with Crippen LogP contribution >= 0.6 is 0 Å². The van der Waals surface area contributed by atoms with Crippen molar-refractivity contribution in [3.8, 4) is 5.88 Å². The smallest absolute Gasteiger partial charge is 0.416 e. The van der Waals surface area contributed by atoms with E-state index in [1.54, 1.807) is 0 Å². The number of aromatic nitrogens is 4. The number of alkyl halides is 5. The van der Waals surface area contributed by atoms with Gasteiger partial charge in [0.25, 0.3) is 0 Å². The molecule has 0 radical (unpaired) electrons. The quantitative estimate of drug-likeness (QED) is 0.331. The van der Waals surface area contributed by atoms with Crippen LogP contribution in [0.25, 0.3) is 21.9 Å². The lowest BCUT2D eigenvalue weighted by Crippen LogP contribution is -2.46. The summed E-state index contributed by atoms with van der Waals surface area (Å²) in [6, 6.07) is 4.92. The number of carbonyl (C=O) groups excluding carboxylic acids is 2. The third-order valence-electron chi connectivity index (χ3n) is 7.45. The Balaban J connectivity index is 1.32. The van der Waals surface area contributed by atoms with E-state index in [0.717, 1.165) is 12.1 Å². The third kappa shape index (κ3) is 4.74. The van der Waals surface area contributed by atoms with Crippen molar-refractivity contribution in [2.45, 2.75) is 51.2 Å². The molecule has 2 aliphatic rings. The van der Waals surface area contributed by atoms with Crippen LogP contribution in [-0.4, -0.2) is 54.9 Å². The highest BCUT2D eigenvalue weighted by atomic mass is 19.4. The predicted octanol–water partition coefficient (Wildman–Crippen LogP) is 4.12. The number of carbonyl (C=O) groups is 2. The predicted molar refractivity (Wildman–Crippen MR) is 136 cm³/mol. The normalized spacial score (nSPS) is 20.1. The monoisotopic (exact) mass is 575 g/mol. The Morgan fingerprint density at radius 1 is 1.20 bits per heavy atom. The standard InChI is InChI=1S/C26H22F5N7O3/c1-11-5-13(26(29,30)31)8-14-20-22(32)33-10-34-23(20)37(21(11)14)9-19(39)38-15-6-12(15)7-16(38)24(40)36-17-3-2-4-18(35-17)41-25(27)28/h2-5,8,10,12,15-16,25H,6-7,9H2,1H3,(H2,32,33,34)(H,35,36,40)/t12-,15?,16+/m1/s1. The summed E-state index contributed by atoms with van der Waals surface area (Å²) in [4.78, 5) is 40.4. The number of halogens is 5. The van der Waals surface area contributed by atoms with Gasteiger partial charge in [-0.25, -0.2) is 9.97 Å². The number of amides is 2. The first-order valence-corrected chi connectivity index (χ1v) is 12.6. The zero-order valence-electron chi connectivity index (χ0n) is 21.3. The summed E-state index contributed by atoms with van der Waals surface area (Å²) in [5.74, 6) is -1.30. The fourth-order valence-electron chi connectivity index (χ4n) is 5.72. The van der Waals surface area contributed by atoms with Gasteiger partial charge in [-0.1, -0.05) is 6.07 Å². The first-order valence-electron chi connectivity index (χ1n) is 12.6. The summed E-state index contributed by atoms with van der Waals surface area (Å²) >= 11 is 0. The minimum absolute atomic E-state index is 0.0215. The van der Waals surface area contributed by atoms with Crippen LogP contribution in [0.4, 0.5) is 33.6 Å². The number of benzene rings is 1. The van der Waals surface area contributed by atoms with Gasteiger partial charge in [0.05, 0.1) is 16.5 Å². The van der Waals surface area contributed by atoms with Crippen LogP contribution in [-0.2, 0) is 22.3 Å². The van der Waals surface area contributed by atoms with E-state index in [1.165, 1.54) is 40.9 Å². The second-order valence-electron chi connectivity index (χ2n) is 10.1. The van der Waals surface area contributed by atoms with Crippen LogP contribution < -0.4 is 15.8 Å². The number of nitrogens with two attached hydrogens (primary N) is 1. The number of nitrogens with zero attached hydrogens (tertiary/aromatic N) is 5. The highest BCUT2D eigenvalue weighted by Gasteiger charge is 2.56. The second kappa shape index (κ2) is 9.52. The molecule has 15 heteroatoms. The van der Waals surface area contributed by atoms with Gasteiger partial charge < -0.3 is 25.3 Å². The lowest BCUT2D eigenvalue weighted by atomic mass is 10.1. The molecule has 0 bridgehead atoms. The van der Waals surface area contributed by atoms with Crippen LogP contribution in [0.2, 0.25) is 0 Å². The topological polar surface area (TPSA) is 128 Å². The first-order chi connectivity index (χ1) is 19.4. The van der Waals surface area contributed by atoms with E-state index >= 15 is 0 Å². The van der Waals surface area contributed by atoms with E-state index in [0.29, 0.717) is 18.4 Å². The Labute approximate surface area is 228 Å². The number of anilines is 2. The molecule has 1 aromatic carbocycles. The van der Waals surface area contributed by atoms with Gasteiger partial charge in [0, 0.05) is 17.5 Å². The molecular weight excluding hydrogens is 553 g/mol. The van der Waals surface area contributed by atoms with E-state index in [1.807, 2.05) is 0 Å². The summed E-state index contributed by atoms with van der Waals surface area (Å²) < 4.78 is 71.7. The molecule has 1 aliphatic carbocycles. The van der Waals surface area contributed by atoms with E-state index in [-0.39, 0.29) is 58.0 Å². The molecule has 2 fully saturated rings. The molecule has 1 saturated carbocycles. The minimum Gasteiger partial charge on any atom is -0.417 e. The number of rotatable bonds is 6. The Morgan fingerprint density at radius 3 is 2.71 bits per heavy atom. The number of nitrogens with one attached hydrogen (secondary N) is 1. The van der Waals surface area contributed by atoms with Crippen LogP contribution in [0.15, 0.2) is 36.7 Å². The van der Waals surface area contributed by atoms with Crippen molar-refractivity contribution >= 4 is 45.4 Å². The van der Waals surface area contributed by atoms with Crippen LogP contribution in [0.5, 0.6) is 5.88 Å². The molecule has 2 amide bonds. The van der Waals surface area contributed by atoms with Crippen LogP contribution in [0, 0.1) is 12.8 Å². The number of nitrogen functional groups attached to an aromatic ring is 1. The van der Waals surface area contributed by atoms with E-state index in [9.17, 15) is 31.5 Å². The average Bonchev–Trinajstić information content (AvgIpc) is 3.42. The van der Waals surface area contributed by atoms with Gasteiger partial charge in [0.2, 0.25) is 17.7 Å². The molecule has 4 heterocycles. The molecular formula is C26H22F5N7O3. The van der Waals surface area contributed by atoms with Crippen molar-refractivity contribution in [3.63, 3.8) is 0 Å². The SMILES string of the molecule is Cc1cc(C(F)(F)F)cc2c3c(N)ncnc3n(CC(=O)N3C4C[C@@H]4C[C@H]3C(=O)Nc3cccc(OC(F)F)n3)c12. The maximum Gasteiger partial charge on any atom is 0.416 e. The van der Waals surface area contributed by atoms with Crippen LogP contribution in [0.3, 0.4) is 0 Å². The van der Waals surface area contributed by atoms with Gasteiger partial charge in [0.15, 0.2) is 0 Å². The molecule has 3 atom stereocenters. The average molecular weight is 575 g/mol. The summed E-state index contributed by atoms with van der Waals surface area (Å²) in [6.07, 6.45) is -2.34. The fourth-order valence-corrected chi connectivity index (χ4v) is 5.72. The molecule has 1 unspecified atom stereocenters. The number of hydrogen-bond donors (Lipinski definition) is 2. The van der Waals surface area contributed by atoms with E-state index in [2.05, 4.69) is 25.0 Å². The van der Waals surface area contributed by atoms with Crippen molar-refractivity contribution in [1.82, 2.24) is 24.4 Å². The second-order valence-corrected chi connectivity index (χ2v) is 10.1. The van der Waals surface area contributed by atoms with Gasteiger partial charge in [0.1, 0.15) is 36.2 Å². The number of piperidine rings is 1. The van der Waals surface area contributed by atoms with Gasteiger partial charge in [-0.05, 0) is 49.4 Å². The molecule has 1 aliphatic heterocycles. The van der Waals surface area contributed by atoms with Crippen molar-refractivity contribution in [2.24, 2.45) is 5.92 Å². The molecule has 3 aromatic heterocycles. The van der Waals surface area contributed by atoms with Crippen molar-refractivity contribution in [2.75, 3.05) is 11.1 Å². The number of aryl methyl sites for hydroxylation is 1. The van der Waals surface area contributed by atoms with Gasteiger partial charge in [-0.2, -0.15) is 26.9 Å². The largest absolute Gasteiger partial charge is 0.417 e. The molecule has 41 heavy (non-hydrogen) atoms. The maximum atomic E-state index is 13.8. The van der Waals surface area contributed by atoms with E-state index in [4.69, 9.17) is 5.73 Å². The molecule has 0 spiro atoms. The fraction of sp³-hybridized carbons (Fsp3) is 0.346. The van der Waals surface area contributed by atoms with Crippen molar-refractivity contribution < 1.29 is 36.3 Å². The highest BCUT2D eigenvalue weighted by Crippen LogP contribution is 2.48.